The van der Waals surface area contributed by atoms with E-state index in [1.54, 1.807) is 11.3 Å². The van der Waals surface area contributed by atoms with Crippen LogP contribution in [0.1, 0.15) is 10.4 Å². The lowest BCUT2D eigenvalue weighted by atomic mass is 9.90. The molecule has 0 radical (unpaired) electrons. The monoisotopic (exact) mass is 280 g/mol. The summed E-state index contributed by atoms with van der Waals surface area (Å²) in [6.45, 7) is 0. The Morgan fingerprint density at radius 2 is 2.10 bits per heavy atom. The van der Waals surface area contributed by atoms with E-state index >= 15 is 0 Å². The van der Waals surface area contributed by atoms with Gasteiger partial charge in [-0.15, -0.1) is 11.3 Å². The third kappa shape index (κ3) is 1.47. The van der Waals surface area contributed by atoms with Crippen LogP contribution in [0.4, 0.5) is 0 Å². The van der Waals surface area contributed by atoms with Gasteiger partial charge in [-0.25, -0.2) is 10.0 Å². The molecule has 5 heteroatoms. The van der Waals surface area contributed by atoms with Crippen molar-refractivity contribution >= 4 is 17.6 Å². The molecule has 0 bridgehead atoms. The first-order valence-electron chi connectivity index (χ1n) is 6.34. The van der Waals surface area contributed by atoms with Crippen molar-refractivity contribution in [3.63, 3.8) is 0 Å². The van der Waals surface area contributed by atoms with Crippen LogP contribution >= 0.6 is 11.3 Å². The number of thiophene rings is 1. The molecule has 1 unspecified atom stereocenters. The van der Waals surface area contributed by atoms with Gasteiger partial charge in [0.1, 0.15) is 5.82 Å². The van der Waals surface area contributed by atoms with E-state index in [0.29, 0.717) is 0 Å². The van der Waals surface area contributed by atoms with E-state index in [2.05, 4.69) is 37.9 Å². The molecular weight excluding hydrogens is 268 g/mol. The molecule has 0 spiro atoms. The molecule has 20 heavy (non-hydrogen) atoms. The molecule has 4 rings (SSSR count). The highest BCUT2D eigenvalue weighted by Crippen LogP contribution is 2.42. The van der Waals surface area contributed by atoms with Gasteiger partial charge in [0.25, 0.3) is 0 Å². The normalized spacial score (nSPS) is 23.4. The molecule has 2 aromatic heterocycles. The number of hydrazine groups is 1. The van der Waals surface area contributed by atoms with Crippen molar-refractivity contribution in [2.45, 2.75) is 5.54 Å². The molecule has 4 heterocycles. The van der Waals surface area contributed by atoms with E-state index in [-0.39, 0.29) is 0 Å². The van der Waals surface area contributed by atoms with Gasteiger partial charge < -0.3 is 5.43 Å². The molecule has 4 nitrogen and oxygen atoms in total. The van der Waals surface area contributed by atoms with Crippen LogP contribution < -0.4 is 5.43 Å². The number of allylic oxidation sites excluding steroid dienone is 2. The molecule has 0 fully saturated rings. The van der Waals surface area contributed by atoms with Crippen LogP contribution in [0.25, 0.3) is 0 Å². The highest BCUT2D eigenvalue weighted by molar-refractivity contribution is 7.10. The fourth-order valence-electron chi connectivity index (χ4n) is 2.61. The second-order valence-corrected chi connectivity index (χ2v) is 5.53. The minimum Gasteiger partial charge on any atom is -0.303 e. The quantitative estimate of drug-likeness (QED) is 0.919. The van der Waals surface area contributed by atoms with E-state index in [1.165, 1.54) is 4.88 Å². The van der Waals surface area contributed by atoms with E-state index < -0.39 is 5.54 Å². The summed E-state index contributed by atoms with van der Waals surface area (Å²) in [5.41, 5.74) is 4.04. The summed E-state index contributed by atoms with van der Waals surface area (Å²) >= 11 is 1.72. The van der Waals surface area contributed by atoms with Crippen molar-refractivity contribution < 1.29 is 0 Å². The van der Waals surface area contributed by atoms with Crippen molar-refractivity contribution in [1.29, 1.82) is 0 Å². The van der Waals surface area contributed by atoms with Gasteiger partial charge in [-0.3, -0.25) is 4.98 Å². The van der Waals surface area contributed by atoms with Gasteiger partial charge in [-0.2, -0.15) is 0 Å². The lowest BCUT2D eigenvalue weighted by molar-refractivity contribution is 0.205. The molecule has 1 N–H and O–H groups in total. The van der Waals surface area contributed by atoms with Gasteiger partial charge in [0.05, 0.1) is 0 Å². The second-order valence-electron chi connectivity index (χ2n) is 4.59. The fraction of sp³-hybridized carbons (Fsp3) is 0.0667. The van der Waals surface area contributed by atoms with Crippen LogP contribution in [0.15, 0.2) is 71.2 Å². The summed E-state index contributed by atoms with van der Waals surface area (Å²) in [5.74, 6) is 0.915. The van der Waals surface area contributed by atoms with Crippen LogP contribution in [0.5, 0.6) is 0 Å². The summed E-state index contributed by atoms with van der Waals surface area (Å²) in [4.78, 5) is 9.92. The molecule has 0 aliphatic carbocycles. The topological polar surface area (TPSA) is 40.5 Å². The molecule has 2 aliphatic rings. The molecule has 1 atom stereocenters. The first kappa shape index (κ1) is 11.4. The molecular formula is C15H12N4S. The lowest BCUT2D eigenvalue weighted by Gasteiger charge is -2.38. The van der Waals surface area contributed by atoms with E-state index in [4.69, 9.17) is 0 Å². The van der Waals surface area contributed by atoms with Crippen LogP contribution in [0.3, 0.4) is 0 Å². The van der Waals surface area contributed by atoms with Gasteiger partial charge in [0, 0.05) is 29.7 Å². The number of aliphatic imine (C=N–C) groups is 1. The molecule has 98 valence electrons. The minimum atomic E-state index is -0.409. The zero-order valence-electron chi connectivity index (χ0n) is 10.6. The Morgan fingerprint density at radius 3 is 2.90 bits per heavy atom. The van der Waals surface area contributed by atoms with Crippen molar-refractivity contribution in [3.8, 4) is 0 Å². The number of rotatable bonds is 2. The zero-order valence-corrected chi connectivity index (χ0v) is 11.4. The standard InChI is InChI=1S/C15H12N4S/c1-4-14-17-11-15(19(14)18-7-1,13-3-2-10-20-13)12-5-8-16-9-6-12/h1-11,18H. The first-order chi connectivity index (χ1) is 9.91. The van der Waals surface area contributed by atoms with E-state index in [0.717, 1.165) is 11.4 Å². The Hall–Kier alpha value is -2.40. The van der Waals surface area contributed by atoms with Crippen LogP contribution in [-0.4, -0.2) is 16.2 Å². The number of nitrogens with zero attached hydrogens (tertiary/aromatic N) is 3. The minimum absolute atomic E-state index is 0.409. The van der Waals surface area contributed by atoms with E-state index in [9.17, 15) is 0 Å². The zero-order chi connectivity index (χ0) is 13.4. The maximum absolute atomic E-state index is 4.58. The Labute approximate surface area is 120 Å². The third-order valence-corrected chi connectivity index (χ3v) is 4.52. The Bertz CT molecular complexity index is 703. The molecule has 0 amide bonds. The lowest BCUT2D eigenvalue weighted by Crippen LogP contribution is -2.49. The molecule has 0 saturated carbocycles. The number of aromatic nitrogens is 1. The summed E-state index contributed by atoms with van der Waals surface area (Å²) in [7, 11) is 0. The largest absolute Gasteiger partial charge is 0.303 e. The highest BCUT2D eigenvalue weighted by atomic mass is 32.1. The van der Waals surface area contributed by atoms with Crippen LogP contribution in [0, 0.1) is 0 Å². The van der Waals surface area contributed by atoms with Gasteiger partial charge in [-0.05, 0) is 41.3 Å². The van der Waals surface area contributed by atoms with Crippen molar-refractivity contribution in [3.05, 3.63) is 76.7 Å². The van der Waals surface area contributed by atoms with Crippen molar-refractivity contribution in [2.75, 3.05) is 0 Å². The summed E-state index contributed by atoms with van der Waals surface area (Å²) in [6, 6.07) is 8.28. The highest BCUT2D eigenvalue weighted by Gasteiger charge is 2.45. The predicted molar refractivity (Wildman–Crippen MR) is 80.0 cm³/mol. The molecule has 0 aromatic carbocycles. The fourth-order valence-corrected chi connectivity index (χ4v) is 3.52. The number of hydrogen-bond donors (Lipinski definition) is 1. The van der Waals surface area contributed by atoms with E-state index in [1.807, 2.05) is 49.1 Å². The predicted octanol–water partition coefficient (Wildman–Crippen LogP) is 2.65. The SMILES string of the molecule is C1=CNN2C(=C1)N=CC2(c1ccncc1)c1cccs1. The number of pyridine rings is 1. The summed E-state index contributed by atoms with van der Waals surface area (Å²) in [5, 5.41) is 4.18. The third-order valence-electron chi connectivity index (χ3n) is 3.53. The first-order valence-corrected chi connectivity index (χ1v) is 7.22. The summed E-state index contributed by atoms with van der Waals surface area (Å²) < 4.78 is 0. The maximum Gasteiger partial charge on any atom is 0.157 e. The van der Waals surface area contributed by atoms with Gasteiger partial charge in [-0.1, -0.05) is 6.07 Å². The number of hydrogen-bond acceptors (Lipinski definition) is 5. The van der Waals surface area contributed by atoms with Crippen molar-refractivity contribution in [2.24, 2.45) is 4.99 Å². The van der Waals surface area contributed by atoms with Gasteiger partial charge in [0.15, 0.2) is 5.54 Å². The van der Waals surface area contributed by atoms with Crippen LogP contribution in [-0.2, 0) is 5.54 Å². The maximum atomic E-state index is 4.58. The average Bonchev–Trinajstić information content (AvgIpc) is 3.16. The molecule has 2 aliphatic heterocycles. The second kappa shape index (κ2) is 4.31. The van der Waals surface area contributed by atoms with Gasteiger partial charge in [0.2, 0.25) is 0 Å². The number of fused-ring (bicyclic) bond motifs is 1. The molecule has 0 saturated heterocycles. The molecule has 2 aromatic rings. The Morgan fingerprint density at radius 1 is 1.20 bits per heavy atom. The number of nitrogens with one attached hydrogen (secondary N) is 1. The Balaban J connectivity index is 1.95. The Kier molecular flexibility index (Phi) is 2.47. The van der Waals surface area contributed by atoms with Crippen molar-refractivity contribution in [1.82, 2.24) is 15.4 Å². The van der Waals surface area contributed by atoms with Gasteiger partial charge >= 0.3 is 0 Å². The smallest absolute Gasteiger partial charge is 0.157 e. The van der Waals surface area contributed by atoms with Crippen LogP contribution in [0.2, 0.25) is 0 Å². The summed E-state index contributed by atoms with van der Waals surface area (Å²) in [6.07, 6.45) is 11.5. The average molecular weight is 280 g/mol.